The lowest BCUT2D eigenvalue weighted by atomic mass is 10.1. The fourth-order valence-electron chi connectivity index (χ4n) is 2.24. The summed E-state index contributed by atoms with van der Waals surface area (Å²) in [5, 5.41) is 20.2. The molecule has 1 aliphatic heterocycles. The highest BCUT2D eigenvalue weighted by molar-refractivity contribution is 5.70. The predicted octanol–water partition coefficient (Wildman–Crippen LogP) is 2.35. The fourth-order valence-corrected chi connectivity index (χ4v) is 2.24. The highest BCUT2D eigenvalue weighted by Crippen LogP contribution is 2.41. The van der Waals surface area contributed by atoms with Crippen LogP contribution in [0.3, 0.4) is 0 Å². The van der Waals surface area contributed by atoms with Gasteiger partial charge >= 0.3 is 0 Å². The van der Waals surface area contributed by atoms with Crippen LogP contribution in [0.15, 0.2) is 12.1 Å². The molecule has 1 aromatic carbocycles. The molecule has 0 spiro atoms. The molecule has 0 N–H and O–H groups in total. The van der Waals surface area contributed by atoms with Gasteiger partial charge in [0.25, 0.3) is 5.69 Å². The largest absolute Gasteiger partial charge is 0.486 e. The SMILES string of the molecule is CCN(CC(C)C#N)c1cc2c(cc1[N+](=O)[O-])OCCO2. The Morgan fingerprint density at radius 1 is 1.43 bits per heavy atom. The number of anilines is 1. The minimum Gasteiger partial charge on any atom is -0.486 e. The molecule has 0 bridgehead atoms. The Bertz CT molecular complexity index is 582. The van der Waals surface area contributed by atoms with Crippen molar-refractivity contribution in [3.05, 3.63) is 22.2 Å². The predicted molar refractivity (Wildman–Crippen MR) is 76.8 cm³/mol. The van der Waals surface area contributed by atoms with E-state index in [9.17, 15) is 10.1 Å². The molecule has 0 aromatic heterocycles. The van der Waals surface area contributed by atoms with Crippen molar-refractivity contribution < 1.29 is 14.4 Å². The van der Waals surface area contributed by atoms with Crippen molar-refractivity contribution in [2.24, 2.45) is 5.92 Å². The molecule has 1 aromatic rings. The van der Waals surface area contributed by atoms with E-state index in [1.807, 2.05) is 11.8 Å². The third kappa shape index (κ3) is 3.16. The monoisotopic (exact) mass is 291 g/mol. The number of nitro benzene ring substituents is 1. The molecule has 0 fully saturated rings. The Balaban J connectivity index is 2.44. The first-order chi connectivity index (χ1) is 10.1. The second kappa shape index (κ2) is 6.31. The Morgan fingerprint density at radius 2 is 2.05 bits per heavy atom. The summed E-state index contributed by atoms with van der Waals surface area (Å²) in [6, 6.07) is 5.16. The van der Waals surface area contributed by atoms with Gasteiger partial charge in [0.2, 0.25) is 0 Å². The second-order valence-corrected chi connectivity index (χ2v) is 4.81. The molecule has 1 aliphatic rings. The van der Waals surface area contributed by atoms with Crippen molar-refractivity contribution in [1.29, 1.82) is 5.26 Å². The maximum Gasteiger partial charge on any atom is 0.296 e. The van der Waals surface area contributed by atoms with E-state index < -0.39 is 4.92 Å². The van der Waals surface area contributed by atoms with Crippen molar-refractivity contribution in [2.45, 2.75) is 13.8 Å². The van der Waals surface area contributed by atoms with Crippen molar-refractivity contribution >= 4 is 11.4 Å². The lowest BCUT2D eigenvalue weighted by Gasteiger charge is -2.26. The van der Waals surface area contributed by atoms with Crippen molar-refractivity contribution in [3.8, 4) is 17.6 Å². The molecule has 0 saturated carbocycles. The quantitative estimate of drug-likeness (QED) is 0.611. The van der Waals surface area contributed by atoms with Gasteiger partial charge in [-0.25, -0.2) is 0 Å². The molecule has 0 radical (unpaired) electrons. The third-order valence-electron chi connectivity index (χ3n) is 3.27. The average molecular weight is 291 g/mol. The van der Waals surface area contributed by atoms with Crippen LogP contribution >= 0.6 is 0 Å². The molecule has 0 saturated heterocycles. The molecular weight excluding hydrogens is 274 g/mol. The lowest BCUT2D eigenvalue weighted by molar-refractivity contribution is -0.384. The molecule has 7 heteroatoms. The van der Waals surface area contributed by atoms with Crippen LogP contribution in [0.2, 0.25) is 0 Å². The van der Waals surface area contributed by atoms with Crippen LogP contribution in [0, 0.1) is 27.4 Å². The number of rotatable bonds is 5. The zero-order valence-electron chi connectivity index (χ0n) is 12.0. The molecule has 7 nitrogen and oxygen atoms in total. The number of nitrogens with zero attached hydrogens (tertiary/aromatic N) is 3. The van der Waals surface area contributed by atoms with Gasteiger partial charge in [0.05, 0.1) is 23.0 Å². The third-order valence-corrected chi connectivity index (χ3v) is 3.27. The minimum absolute atomic E-state index is 0.0359. The second-order valence-electron chi connectivity index (χ2n) is 4.81. The normalized spacial score (nSPS) is 14.1. The van der Waals surface area contributed by atoms with Crippen LogP contribution in [0.25, 0.3) is 0 Å². The standard InChI is InChI=1S/C14H17N3O4/c1-3-16(9-10(2)8-15)11-6-13-14(21-5-4-20-13)7-12(11)17(18)19/h6-7,10H,3-5,9H2,1-2H3. The summed E-state index contributed by atoms with van der Waals surface area (Å²) >= 11 is 0. The highest BCUT2D eigenvalue weighted by atomic mass is 16.6. The van der Waals surface area contributed by atoms with E-state index in [-0.39, 0.29) is 11.6 Å². The van der Waals surface area contributed by atoms with Gasteiger partial charge in [-0.3, -0.25) is 10.1 Å². The molecule has 2 rings (SSSR count). The van der Waals surface area contributed by atoms with Gasteiger partial charge < -0.3 is 14.4 Å². The lowest BCUT2D eigenvalue weighted by Crippen LogP contribution is -2.28. The summed E-state index contributed by atoms with van der Waals surface area (Å²) in [6.07, 6.45) is 0. The van der Waals surface area contributed by atoms with Crippen LogP contribution in [0.5, 0.6) is 11.5 Å². The summed E-state index contributed by atoms with van der Waals surface area (Å²) in [4.78, 5) is 12.7. The number of nitro groups is 1. The number of benzene rings is 1. The van der Waals surface area contributed by atoms with E-state index >= 15 is 0 Å². The average Bonchev–Trinajstić information content (AvgIpc) is 2.50. The van der Waals surface area contributed by atoms with E-state index in [4.69, 9.17) is 14.7 Å². The summed E-state index contributed by atoms with van der Waals surface area (Å²) in [6.45, 7) is 5.47. The summed E-state index contributed by atoms with van der Waals surface area (Å²) in [5.74, 6) is 0.670. The first-order valence-corrected chi connectivity index (χ1v) is 6.79. The Kier molecular flexibility index (Phi) is 4.48. The zero-order chi connectivity index (χ0) is 15.4. The van der Waals surface area contributed by atoms with E-state index in [1.54, 1.807) is 13.0 Å². The molecule has 0 aliphatic carbocycles. The van der Waals surface area contributed by atoms with Crippen molar-refractivity contribution in [3.63, 3.8) is 0 Å². The molecular formula is C14H17N3O4. The van der Waals surface area contributed by atoms with Gasteiger partial charge in [0.1, 0.15) is 18.9 Å². The first kappa shape index (κ1) is 14.9. The van der Waals surface area contributed by atoms with Gasteiger partial charge in [-0.15, -0.1) is 0 Å². The molecule has 21 heavy (non-hydrogen) atoms. The van der Waals surface area contributed by atoms with E-state index in [2.05, 4.69) is 6.07 Å². The summed E-state index contributed by atoms with van der Waals surface area (Å²) in [7, 11) is 0. The van der Waals surface area contributed by atoms with E-state index in [0.717, 1.165) is 0 Å². The Labute approximate surface area is 122 Å². The topological polar surface area (TPSA) is 88.6 Å². The molecule has 1 unspecified atom stereocenters. The Hall–Kier alpha value is -2.49. The van der Waals surface area contributed by atoms with E-state index in [1.165, 1.54) is 6.07 Å². The van der Waals surface area contributed by atoms with Gasteiger partial charge in [-0.1, -0.05) is 0 Å². The highest BCUT2D eigenvalue weighted by Gasteiger charge is 2.25. The molecule has 1 atom stereocenters. The number of nitriles is 1. The number of ether oxygens (including phenoxy) is 2. The maximum atomic E-state index is 11.3. The molecule has 0 amide bonds. The van der Waals surface area contributed by atoms with Crippen molar-refractivity contribution in [2.75, 3.05) is 31.2 Å². The van der Waals surface area contributed by atoms with Crippen LogP contribution < -0.4 is 14.4 Å². The summed E-state index contributed by atoms with van der Waals surface area (Å²) < 4.78 is 10.9. The molecule has 112 valence electrons. The van der Waals surface area contributed by atoms with Gasteiger partial charge in [-0.05, 0) is 13.8 Å². The van der Waals surface area contributed by atoms with E-state index in [0.29, 0.717) is 43.5 Å². The van der Waals surface area contributed by atoms with Gasteiger partial charge in [0, 0.05) is 19.2 Å². The van der Waals surface area contributed by atoms with Gasteiger partial charge in [0.15, 0.2) is 11.5 Å². The van der Waals surface area contributed by atoms with Crippen LogP contribution in [-0.2, 0) is 0 Å². The zero-order valence-corrected chi connectivity index (χ0v) is 12.0. The number of hydrogen-bond donors (Lipinski definition) is 0. The van der Waals surface area contributed by atoms with Crippen LogP contribution in [-0.4, -0.2) is 31.2 Å². The fraction of sp³-hybridized carbons (Fsp3) is 0.500. The smallest absolute Gasteiger partial charge is 0.296 e. The van der Waals surface area contributed by atoms with Crippen molar-refractivity contribution in [1.82, 2.24) is 0 Å². The summed E-state index contributed by atoms with van der Waals surface area (Å²) in [5.41, 5.74) is 0.417. The molecule has 1 heterocycles. The first-order valence-electron chi connectivity index (χ1n) is 6.79. The number of fused-ring (bicyclic) bond motifs is 1. The maximum absolute atomic E-state index is 11.3. The number of hydrogen-bond acceptors (Lipinski definition) is 6. The van der Waals surface area contributed by atoms with Gasteiger partial charge in [-0.2, -0.15) is 5.26 Å². The Morgan fingerprint density at radius 3 is 2.57 bits per heavy atom. The van der Waals surface area contributed by atoms with Crippen LogP contribution in [0.1, 0.15) is 13.8 Å². The van der Waals surface area contributed by atoms with Crippen LogP contribution in [0.4, 0.5) is 11.4 Å². The minimum atomic E-state index is -0.437.